The number of pyridine rings is 1. The lowest BCUT2D eigenvalue weighted by atomic mass is 9.98. The van der Waals surface area contributed by atoms with Gasteiger partial charge in [0.25, 0.3) is 0 Å². The third kappa shape index (κ3) is 2.81. The monoisotopic (exact) mass is 434 g/mol. The molecule has 154 valence electrons. The Labute approximate surface area is 187 Å². The van der Waals surface area contributed by atoms with Gasteiger partial charge in [-0.2, -0.15) is 0 Å². The van der Waals surface area contributed by atoms with Crippen LogP contribution in [-0.2, 0) is 0 Å². The average Bonchev–Trinajstić information content (AvgIpc) is 3.27. The van der Waals surface area contributed by atoms with Gasteiger partial charge in [0.1, 0.15) is 21.9 Å². The second-order valence-corrected chi connectivity index (χ2v) is 8.49. The molecule has 5 nitrogen and oxygen atoms in total. The Morgan fingerprint density at radius 1 is 0.844 bits per heavy atom. The predicted molar refractivity (Wildman–Crippen MR) is 129 cm³/mol. The molecule has 0 atom stereocenters. The third-order valence-electron chi connectivity index (χ3n) is 5.63. The van der Waals surface area contributed by atoms with Crippen molar-refractivity contribution in [3.8, 4) is 27.6 Å². The van der Waals surface area contributed by atoms with Crippen LogP contribution in [0.2, 0.25) is 0 Å². The predicted octanol–water partition coefficient (Wildman–Crippen LogP) is 5.92. The quantitative estimate of drug-likeness (QED) is 0.376. The summed E-state index contributed by atoms with van der Waals surface area (Å²) in [6.45, 7) is 0. The Morgan fingerprint density at radius 3 is 2.53 bits per heavy atom. The molecule has 1 N–H and O–H groups in total. The van der Waals surface area contributed by atoms with Gasteiger partial charge in [-0.3, -0.25) is 9.81 Å². The van der Waals surface area contributed by atoms with Crippen molar-refractivity contribution in [1.29, 1.82) is 5.41 Å². The number of para-hydroxylation sites is 1. The normalized spacial score (nSPS) is 11.4. The molecule has 6 rings (SSSR count). The van der Waals surface area contributed by atoms with Crippen LogP contribution in [0.25, 0.3) is 48.5 Å². The smallest absolute Gasteiger partial charge is 0.143 e. The molecule has 0 aliphatic heterocycles. The van der Waals surface area contributed by atoms with Gasteiger partial charge in [0.2, 0.25) is 0 Å². The number of hydrogen-bond acceptors (Lipinski definition) is 5. The number of nitrogens with one attached hydrogen (secondary N) is 1. The van der Waals surface area contributed by atoms with Gasteiger partial charge in [-0.25, -0.2) is 9.97 Å². The standard InChI is InChI=1S/C26H18N4OS/c1-31-19-14-13-16-8-2-3-9-17(16)22(19)24-23(25(27)30-15-7-6-12-21(30)29-24)26-28-18-10-4-5-11-20(18)32-26/h2-15,27H,1H3. The zero-order valence-electron chi connectivity index (χ0n) is 17.2. The molecular formula is C26H18N4OS. The lowest BCUT2D eigenvalue weighted by Gasteiger charge is -2.16. The van der Waals surface area contributed by atoms with Gasteiger partial charge < -0.3 is 4.74 Å². The van der Waals surface area contributed by atoms with Crippen molar-refractivity contribution >= 4 is 38.0 Å². The van der Waals surface area contributed by atoms with Crippen LogP contribution >= 0.6 is 11.3 Å². The fraction of sp³-hybridized carbons (Fsp3) is 0.0385. The molecule has 3 aromatic carbocycles. The van der Waals surface area contributed by atoms with E-state index in [4.69, 9.17) is 20.1 Å². The molecule has 0 aliphatic carbocycles. The van der Waals surface area contributed by atoms with E-state index in [-0.39, 0.29) is 0 Å². The van der Waals surface area contributed by atoms with E-state index >= 15 is 0 Å². The first kappa shape index (κ1) is 18.7. The van der Waals surface area contributed by atoms with Gasteiger partial charge in [-0.1, -0.05) is 48.5 Å². The number of thiazole rings is 1. The van der Waals surface area contributed by atoms with Crippen molar-refractivity contribution in [2.75, 3.05) is 7.11 Å². The Balaban J connectivity index is 1.80. The molecule has 6 aromatic rings. The molecule has 3 aromatic heterocycles. The van der Waals surface area contributed by atoms with Crippen LogP contribution in [0.3, 0.4) is 0 Å². The number of rotatable bonds is 3. The van der Waals surface area contributed by atoms with Gasteiger partial charge in [0.05, 0.1) is 34.1 Å². The van der Waals surface area contributed by atoms with E-state index < -0.39 is 0 Å². The highest BCUT2D eigenvalue weighted by atomic mass is 32.1. The highest BCUT2D eigenvalue weighted by Crippen LogP contribution is 2.41. The zero-order valence-corrected chi connectivity index (χ0v) is 18.1. The highest BCUT2D eigenvalue weighted by Gasteiger charge is 2.22. The van der Waals surface area contributed by atoms with Crippen molar-refractivity contribution in [3.05, 3.63) is 90.5 Å². The van der Waals surface area contributed by atoms with E-state index in [2.05, 4.69) is 18.2 Å². The molecular weight excluding hydrogens is 416 g/mol. The zero-order chi connectivity index (χ0) is 21.7. The first-order valence-corrected chi connectivity index (χ1v) is 11.0. The summed E-state index contributed by atoms with van der Waals surface area (Å²) in [4.78, 5) is 9.92. The Bertz CT molecular complexity index is 1670. The Hall–Kier alpha value is -4.03. The lowest BCUT2D eigenvalue weighted by Crippen LogP contribution is -2.18. The maximum atomic E-state index is 9.13. The van der Waals surface area contributed by atoms with Crippen molar-refractivity contribution in [3.63, 3.8) is 0 Å². The topological polar surface area (TPSA) is 63.3 Å². The molecule has 32 heavy (non-hydrogen) atoms. The van der Waals surface area contributed by atoms with Crippen LogP contribution in [0.15, 0.2) is 85.1 Å². The van der Waals surface area contributed by atoms with Crippen molar-refractivity contribution in [1.82, 2.24) is 14.4 Å². The summed E-state index contributed by atoms with van der Waals surface area (Å²) in [5.74, 6) is 0.721. The molecule has 0 amide bonds. The average molecular weight is 435 g/mol. The minimum absolute atomic E-state index is 0.347. The van der Waals surface area contributed by atoms with Gasteiger partial charge in [-0.05, 0) is 41.1 Å². The fourth-order valence-electron chi connectivity index (χ4n) is 4.15. The Kier molecular flexibility index (Phi) is 4.26. The van der Waals surface area contributed by atoms with Gasteiger partial charge in [0.15, 0.2) is 0 Å². The van der Waals surface area contributed by atoms with Crippen LogP contribution in [0.5, 0.6) is 5.75 Å². The number of nitrogens with zero attached hydrogens (tertiary/aromatic N) is 3. The summed E-state index contributed by atoms with van der Waals surface area (Å²) in [7, 11) is 1.67. The van der Waals surface area contributed by atoms with E-state index in [1.807, 2.05) is 66.9 Å². The molecule has 0 radical (unpaired) electrons. The highest BCUT2D eigenvalue weighted by molar-refractivity contribution is 7.21. The molecule has 0 saturated carbocycles. The number of methoxy groups -OCH3 is 1. The summed E-state index contributed by atoms with van der Waals surface area (Å²) in [6.07, 6.45) is 1.87. The molecule has 0 unspecified atom stereocenters. The minimum atomic E-state index is 0.347. The van der Waals surface area contributed by atoms with Crippen LogP contribution in [-0.4, -0.2) is 21.5 Å². The first-order chi connectivity index (χ1) is 15.7. The number of hydrogen-bond donors (Lipinski definition) is 1. The summed E-state index contributed by atoms with van der Waals surface area (Å²) < 4.78 is 8.66. The third-order valence-corrected chi connectivity index (χ3v) is 6.69. The fourth-order valence-corrected chi connectivity index (χ4v) is 5.16. The summed E-state index contributed by atoms with van der Waals surface area (Å²) >= 11 is 1.58. The van der Waals surface area contributed by atoms with Gasteiger partial charge in [0, 0.05) is 6.20 Å². The van der Waals surface area contributed by atoms with E-state index in [1.54, 1.807) is 22.8 Å². The number of aromatic nitrogens is 3. The lowest BCUT2D eigenvalue weighted by molar-refractivity contribution is 0.417. The largest absolute Gasteiger partial charge is 0.496 e. The van der Waals surface area contributed by atoms with Crippen LogP contribution < -0.4 is 10.2 Å². The summed E-state index contributed by atoms with van der Waals surface area (Å²) in [6, 6.07) is 26.0. The molecule has 0 bridgehead atoms. The van der Waals surface area contributed by atoms with E-state index in [0.717, 1.165) is 37.3 Å². The van der Waals surface area contributed by atoms with Crippen molar-refractivity contribution < 1.29 is 4.74 Å². The Morgan fingerprint density at radius 2 is 1.66 bits per heavy atom. The maximum Gasteiger partial charge on any atom is 0.143 e. The van der Waals surface area contributed by atoms with Crippen LogP contribution in [0.1, 0.15) is 0 Å². The van der Waals surface area contributed by atoms with Gasteiger partial charge >= 0.3 is 0 Å². The van der Waals surface area contributed by atoms with Crippen LogP contribution in [0.4, 0.5) is 0 Å². The van der Waals surface area contributed by atoms with E-state index in [1.165, 1.54) is 0 Å². The first-order valence-electron chi connectivity index (χ1n) is 10.2. The minimum Gasteiger partial charge on any atom is -0.496 e. The van der Waals surface area contributed by atoms with Crippen LogP contribution in [0, 0.1) is 5.41 Å². The molecule has 0 saturated heterocycles. The molecule has 0 aliphatic rings. The summed E-state index contributed by atoms with van der Waals surface area (Å²) in [5.41, 5.74) is 4.24. The molecule has 6 heteroatoms. The van der Waals surface area contributed by atoms with Crippen molar-refractivity contribution in [2.45, 2.75) is 0 Å². The number of fused-ring (bicyclic) bond motifs is 3. The SMILES string of the molecule is COc1ccc2ccccc2c1-c1nc2ccccn2c(=N)c1-c1nc2ccccc2s1. The van der Waals surface area contributed by atoms with E-state index in [9.17, 15) is 0 Å². The summed E-state index contributed by atoms with van der Waals surface area (Å²) in [5, 5.41) is 12.0. The van der Waals surface area contributed by atoms with E-state index in [0.29, 0.717) is 22.4 Å². The number of ether oxygens (including phenoxy) is 1. The van der Waals surface area contributed by atoms with Gasteiger partial charge in [-0.15, -0.1) is 11.3 Å². The second kappa shape index (κ2) is 7.28. The molecule has 0 fully saturated rings. The molecule has 3 heterocycles. The second-order valence-electron chi connectivity index (χ2n) is 7.46. The number of benzene rings is 3. The maximum absolute atomic E-state index is 9.13. The molecule has 0 spiro atoms. The van der Waals surface area contributed by atoms with Crippen molar-refractivity contribution in [2.24, 2.45) is 0 Å².